The van der Waals surface area contributed by atoms with Gasteiger partial charge in [0.2, 0.25) is 10.0 Å². The summed E-state index contributed by atoms with van der Waals surface area (Å²) < 4.78 is 32.0. The first kappa shape index (κ1) is 15.7. The first-order valence-corrected chi connectivity index (χ1v) is 9.40. The summed E-state index contributed by atoms with van der Waals surface area (Å²) in [6.07, 6.45) is 5.03. The second-order valence-corrected chi connectivity index (χ2v) is 8.12. The molecule has 1 atom stereocenters. The highest BCUT2D eigenvalue weighted by Crippen LogP contribution is 2.30. The molecular formula is C17H23NO3S. The fourth-order valence-corrected chi connectivity index (χ4v) is 3.78. The molecule has 1 aromatic rings. The Morgan fingerprint density at radius 2 is 1.95 bits per heavy atom. The number of aryl methyl sites for hydroxylation is 1. The highest BCUT2D eigenvalue weighted by atomic mass is 32.2. The summed E-state index contributed by atoms with van der Waals surface area (Å²) in [5, 5.41) is 1.31. The summed E-state index contributed by atoms with van der Waals surface area (Å²) >= 11 is 0. The van der Waals surface area contributed by atoms with Crippen LogP contribution in [0, 0.1) is 12.8 Å². The van der Waals surface area contributed by atoms with Gasteiger partial charge in [-0.05, 0) is 43.7 Å². The largest absolute Gasteiger partial charge is 0.377 e. The van der Waals surface area contributed by atoms with Crippen molar-refractivity contribution in [2.45, 2.75) is 32.3 Å². The summed E-state index contributed by atoms with van der Waals surface area (Å²) in [5.41, 5.74) is 2.06. The molecule has 2 aliphatic rings. The van der Waals surface area contributed by atoms with E-state index in [9.17, 15) is 8.42 Å². The van der Waals surface area contributed by atoms with E-state index in [1.165, 1.54) is 22.6 Å². The lowest BCUT2D eigenvalue weighted by Crippen LogP contribution is -2.28. The smallest absolute Gasteiger partial charge is 0.236 e. The van der Waals surface area contributed by atoms with Crippen molar-refractivity contribution in [2.75, 3.05) is 19.7 Å². The minimum absolute atomic E-state index is 0.0585. The van der Waals surface area contributed by atoms with Crippen LogP contribution in [0.2, 0.25) is 0 Å². The Labute approximate surface area is 132 Å². The van der Waals surface area contributed by atoms with Gasteiger partial charge in [-0.25, -0.2) is 8.42 Å². The van der Waals surface area contributed by atoms with Crippen LogP contribution in [0.25, 0.3) is 6.08 Å². The van der Waals surface area contributed by atoms with Crippen LogP contribution in [-0.2, 0) is 14.8 Å². The third-order valence-corrected chi connectivity index (χ3v) is 5.77. The van der Waals surface area contributed by atoms with Crippen LogP contribution in [0.5, 0.6) is 0 Å². The molecular weight excluding hydrogens is 298 g/mol. The van der Waals surface area contributed by atoms with Crippen molar-refractivity contribution in [3.05, 3.63) is 40.8 Å². The first-order chi connectivity index (χ1) is 10.5. The molecule has 0 unspecified atom stereocenters. The molecule has 0 aromatic heterocycles. The molecule has 0 amide bonds. The van der Waals surface area contributed by atoms with Gasteiger partial charge in [0, 0.05) is 25.1 Å². The number of hydrogen-bond donors (Lipinski definition) is 0. The Morgan fingerprint density at radius 1 is 1.23 bits per heavy atom. The normalized spacial score (nSPS) is 23.4. The van der Waals surface area contributed by atoms with Crippen LogP contribution in [0.1, 0.15) is 30.4 Å². The molecule has 1 aliphatic heterocycles. The summed E-state index contributed by atoms with van der Waals surface area (Å²) in [5.74, 6) is 0.715. The molecule has 120 valence electrons. The standard InChI is InChI=1S/C17H23NO3S/c1-14-2-4-15(5-3-14)9-11-22(19,20)18-10-8-17(12-18)21-13-16-6-7-16/h2-5,9,11,16-17H,6-8,10,12-13H2,1H3/b11-9+/t17-/m0/s1. The van der Waals surface area contributed by atoms with Crippen LogP contribution in [0.3, 0.4) is 0 Å². The quantitative estimate of drug-likeness (QED) is 0.809. The van der Waals surface area contributed by atoms with Crippen molar-refractivity contribution in [2.24, 2.45) is 5.92 Å². The Kier molecular flexibility index (Phi) is 4.66. The summed E-state index contributed by atoms with van der Waals surface area (Å²) in [4.78, 5) is 0. The third-order valence-electron chi connectivity index (χ3n) is 4.24. The van der Waals surface area contributed by atoms with E-state index in [2.05, 4.69) is 0 Å². The van der Waals surface area contributed by atoms with Crippen molar-refractivity contribution in [3.8, 4) is 0 Å². The lowest BCUT2D eigenvalue weighted by Gasteiger charge is -2.14. The Balaban J connectivity index is 1.56. The minimum Gasteiger partial charge on any atom is -0.377 e. The van der Waals surface area contributed by atoms with Crippen LogP contribution >= 0.6 is 0 Å². The van der Waals surface area contributed by atoms with Gasteiger partial charge in [0.1, 0.15) is 0 Å². The molecule has 0 spiro atoms. The molecule has 22 heavy (non-hydrogen) atoms. The van der Waals surface area contributed by atoms with Crippen molar-refractivity contribution in [1.82, 2.24) is 4.31 Å². The molecule has 1 aromatic carbocycles. The number of rotatable bonds is 6. The van der Waals surface area contributed by atoms with Gasteiger partial charge in [-0.15, -0.1) is 0 Å². The fourth-order valence-electron chi connectivity index (χ4n) is 2.55. The van der Waals surface area contributed by atoms with E-state index in [0.717, 1.165) is 24.2 Å². The average Bonchev–Trinajstić information content (AvgIpc) is 3.20. The predicted octanol–water partition coefficient (Wildman–Crippen LogP) is 2.80. The van der Waals surface area contributed by atoms with Gasteiger partial charge in [0.25, 0.3) is 0 Å². The highest BCUT2D eigenvalue weighted by molar-refractivity contribution is 7.92. The molecule has 0 N–H and O–H groups in total. The number of ether oxygens (including phenoxy) is 1. The molecule has 0 bridgehead atoms. The zero-order valence-corrected chi connectivity index (χ0v) is 13.8. The monoisotopic (exact) mass is 321 g/mol. The van der Waals surface area contributed by atoms with E-state index in [1.54, 1.807) is 6.08 Å². The zero-order chi connectivity index (χ0) is 15.6. The Morgan fingerprint density at radius 3 is 2.64 bits per heavy atom. The van der Waals surface area contributed by atoms with Gasteiger partial charge in [0.05, 0.1) is 6.10 Å². The second kappa shape index (κ2) is 6.52. The van der Waals surface area contributed by atoms with Gasteiger partial charge < -0.3 is 4.74 Å². The topological polar surface area (TPSA) is 46.6 Å². The summed E-state index contributed by atoms with van der Waals surface area (Å²) in [7, 11) is -3.35. The first-order valence-electron chi connectivity index (χ1n) is 7.89. The maximum atomic E-state index is 12.4. The van der Waals surface area contributed by atoms with E-state index < -0.39 is 10.0 Å². The van der Waals surface area contributed by atoms with Crippen molar-refractivity contribution in [3.63, 3.8) is 0 Å². The van der Waals surface area contributed by atoms with E-state index in [-0.39, 0.29) is 6.10 Å². The zero-order valence-electron chi connectivity index (χ0n) is 12.9. The van der Waals surface area contributed by atoms with E-state index in [4.69, 9.17) is 4.74 Å². The van der Waals surface area contributed by atoms with Gasteiger partial charge in [-0.1, -0.05) is 29.8 Å². The fraction of sp³-hybridized carbons (Fsp3) is 0.529. The van der Waals surface area contributed by atoms with Crippen molar-refractivity contribution < 1.29 is 13.2 Å². The maximum Gasteiger partial charge on any atom is 0.236 e. The van der Waals surface area contributed by atoms with Gasteiger partial charge in [-0.3, -0.25) is 0 Å². The van der Waals surface area contributed by atoms with E-state index in [0.29, 0.717) is 19.0 Å². The molecule has 1 saturated heterocycles. The number of sulfonamides is 1. The van der Waals surface area contributed by atoms with E-state index in [1.807, 2.05) is 31.2 Å². The molecule has 1 heterocycles. The predicted molar refractivity (Wildman–Crippen MR) is 87.8 cm³/mol. The number of benzene rings is 1. The number of hydrogen-bond acceptors (Lipinski definition) is 3. The maximum absolute atomic E-state index is 12.4. The SMILES string of the molecule is Cc1ccc(/C=C/S(=O)(=O)N2CC[C@H](OCC3CC3)C2)cc1. The molecule has 4 nitrogen and oxygen atoms in total. The summed E-state index contributed by atoms with van der Waals surface area (Å²) in [6, 6.07) is 7.80. The van der Waals surface area contributed by atoms with Crippen LogP contribution < -0.4 is 0 Å². The van der Waals surface area contributed by atoms with Crippen molar-refractivity contribution >= 4 is 16.1 Å². The highest BCUT2D eigenvalue weighted by Gasteiger charge is 2.32. The lowest BCUT2D eigenvalue weighted by molar-refractivity contribution is 0.0561. The molecule has 1 aliphatic carbocycles. The van der Waals surface area contributed by atoms with E-state index >= 15 is 0 Å². The summed E-state index contributed by atoms with van der Waals surface area (Å²) in [6.45, 7) is 3.83. The average molecular weight is 321 g/mol. The molecule has 0 radical (unpaired) electrons. The van der Waals surface area contributed by atoms with Crippen molar-refractivity contribution in [1.29, 1.82) is 0 Å². The minimum atomic E-state index is -3.35. The second-order valence-electron chi connectivity index (χ2n) is 6.30. The molecule has 2 fully saturated rings. The van der Waals surface area contributed by atoms with Gasteiger partial charge >= 0.3 is 0 Å². The molecule has 3 rings (SSSR count). The molecule has 5 heteroatoms. The lowest BCUT2D eigenvalue weighted by atomic mass is 10.2. The Bertz CT molecular complexity index is 632. The van der Waals surface area contributed by atoms with Crippen LogP contribution in [0.4, 0.5) is 0 Å². The van der Waals surface area contributed by atoms with Crippen LogP contribution in [0.15, 0.2) is 29.7 Å². The number of nitrogens with zero attached hydrogens (tertiary/aromatic N) is 1. The Hall–Kier alpha value is -1.17. The van der Waals surface area contributed by atoms with Crippen LogP contribution in [-0.4, -0.2) is 38.5 Å². The molecule has 1 saturated carbocycles. The van der Waals surface area contributed by atoms with Gasteiger partial charge in [0.15, 0.2) is 0 Å². The van der Waals surface area contributed by atoms with Gasteiger partial charge in [-0.2, -0.15) is 4.31 Å². The third kappa shape index (κ3) is 4.18.